The van der Waals surface area contributed by atoms with Crippen LogP contribution in [0.15, 0.2) is 36.8 Å². The Balaban J connectivity index is 2.14. The maximum atomic E-state index is 6.01. The first-order chi connectivity index (χ1) is 9.11. The predicted molar refractivity (Wildman–Crippen MR) is 77.9 cm³/mol. The number of benzene rings is 1. The summed E-state index contributed by atoms with van der Waals surface area (Å²) >= 11 is 6.01. The van der Waals surface area contributed by atoms with Crippen molar-refractivity contribution in [3.05, 3.63) is 53.1 Å². The van der Waals surface area contributed by atoms with Gasteiger partial charge in [-0.05, 0) is 24.7 Å². The fourth-order valence-corrected chi connectivity index (χ4v) is 2.46. The van der Waals surface area contributed by atoms with Gasteiger partial charge in [0.25, 0.3) is 0 Å². The lowest BCUT2D eigenvalue weighted by Gasteiger charge is -2.27. The van der Waals surface area contributed by atoms with Crippen LogP contribution in [0.3, 0.4) is 0 Å². The van der Waals surface area contributed by atoms with Gasteiger partial charge in [0, 0.05) is 31.4 Å². The average Bonchev–Trinajstić information content (AvgIpc) is 2.77. The van der Waals surface area contributed by atoms with Gasteiger partial charge in [0.15, 0.2) is 0 Å². The van der Waals surface area contributed by atoms with E-state index in [-0.39, 0.29) is 6.04 Å². The third-order valence-electron chi connectivity index (χ3n) is 3.27. The molecule has 1 unspecified atom stereocenters. The van der Waals surface area contributed by atoms with Crippen molar-refractivity contribution < 1.29 is 0 Å². The van der Waals surface area contributed by atoms with Gasteiger partial charge < -0.3 is 10.3 Å². The van der Waals surface area contributed by atoms with E-state index in [9.17, 15) is 0 Å². The minimum atomic E-state index is 0.145. The molecule has 2 aromatic rings. The standard InChI is InChI=1S/C14H19ClN4/c1-18(9-11-4-3-5-12(15)6-11)13(7-16)14-8-17-10-19(14)2/h3-6,8,10,13H,7,9,16H2,1-2H3. The molecule has 1 atom stereocenters. The van der Waals surface area contributed by atoms with Crippen LogP contribution in [0.25, 0.3) is 0 Å². The molecule has 0 saturated carbocycles. The van der Waals surface area contributed by atoms with Gasteiger partial charge in [-0.3, -0.25) is 4.90 Å². The molecule has 0 radical (unpaired) electrons. The van der Waals surface area contributed by atoms with Crippen LogP contribution < -0.4 is 5.73 Å². The Labute approximate surface area is 118 Å². The van der Waals surface area contributed by atoms with Crippen LogP contribution >= 0.6 is 11.6 Å². The summed E-state index contributed by atoms with van der Waals surface area (Å²) < 4.78 is 2.01. The fraction of sp³-hybridized carbons (Fsp3) is 0.357. The van der Waals surface area contributed by atoms with E-state index in [1.54, 1.807) is 6.33 Å². The lowest BCUT2D eigenvalue weighted by atomic mass is 10.1. The highest BCUT2D eigenvalue weighted by Gasteiger charge is 2.18. The molecule has 0 aliphatic rings. The van der Waals surface area contributed by atoms with Gasteiger partial charge in [-0.25, -0.2) is 4.98 Å². The molecule has 5 heteroatoms. The van der Waals surface area contributed by atoms with E-state index in [2.05, 4.69) is 23.0 Å². The first-order valence-corrected chi connectivity index (χ1v) is 6.60. The molecule has 0 bridgehead atoms. The van der Waals surface area contributed by atoms with Crippen LogP contribution in [0.1, 0.15) is 17.3 Å². The van der Waals surface area contributed by atoms with Crippen molar-refractivity contribution in [3.8, 4) is 0 Å². The molecule has 2 N–H and O–H groups in total. The first kappa shape index (κ1) is 14.1. The number of rotatable bonds is 5. The van der Waals surface area contributed by atoms with Gasteiger partial charge in [-0.1, -0.05) is 23.7 Å². The first-order valence-electron chi connectivity index (χ1n) is 6.22. The molecule has 1 aromatic heterocycles. The molecule has 1 aromatic carbocycles. The molecule has 4 nitrogen and oxygen atoms in total. The number of imidazole rings is 1. The van der Waals surface area contributed by atoms with Gasteiger partial charge in [0.2, 0.25) is 0 Å². The van der Waals surface area contributed by atoms with Crippen LogP contribution in [0.2, 0.25) is 5.02 Å². The number of hydrogen-bond acceptors (Lipinski definition) is 3. The van der Waals surface area contributed by atoms with E-state index < -0.39 is 0 Å². The van der Waals surface area contributed by atoms with Crippen molar-refractivity contribution in [1.29, 1.82) is 0 Å². The maximum Gasteiger partial charge on any atom is 0.0946 e. The summed E-state index contributed by atoms with van der Waals surface area (Å²) in [6, 6.07) is 8.04. The Morgan fingerprint density at radius 1 is 1.47 bits per heavy atom. The molecule has 102 valence electrons. The lowest BCUT2D eigenvalue weighted by Crippen LogP contribution is -2.31. The van der Waals surface area contributed by atoms with Crippen molar-refractivity contribution in [2.24, 2.45) is 12.8 Å². The summed E-state index contributed by atoms with van der Waals surface area (Å²) in [5.74, 6) is 0. The summed E-state index contributed by atoms with van der Waals surface area (Å²) in [4.78, 5) is 6.36. The molecule has 0 saturated heterocycles. The zero-order chi connectivity index (χ0) is 13.8. The molecule has 0 fully saturated rings. The Morgan fingerprint density at radius 3 is 2.84 bits per heavy atom. The third kappa shape index (κ3) is 3.35. The molecule has 0 aliphatic carbocycles. The summed E-state index contributed by atoms with van der Waals surface area (Å²) in [6.07, 6.45) is 3.66. The number of halogens is 1. The zero-order valence-electron chi connectivity index (χ0n) is 11.3. The predicted octanol–water partition coefficient (Wildman–Crippen LogP) is 2.21. The van der Waals surface area contributed by atoms with E-state index >= 15 is 0 Å². The van der Waals surface area contributed by atoms with Crippen molar-refractivity contribution >= 4 is 11.6 Å². The van der Waals surface area contributed by atoms with Crippen LogP contribution in [0.5, 0.6) is 0 Å². The molecule has 2 rings (SSSR count). The Bertz CT molecular complexity index is 538. The van der Waals surface area contributed by atoms with Crippen molar-refractivity contribution in [3.63, 3.8) is 0 Å². The van der Waals surface area contributed by atoms with E-state index in [1.165, 1.54) is 5.56 Å². The smallest absolute Gasteiger partial charge is 0.0946 e. The van der Waals surface area contributed by atoms with Gasteiger partial charge in [-0.2, -0.15) is 0 Å². The van der Waals surface area contributed by atoms with Crippen molar-refractivity contribution in [1.82, 2.24) is 14.5 Å². The van der Waals surface area contributed by atoms with Crippen LogP contribution in [0.4, 0.5) is 0 Å². The number of aromatic nitrogens is 2. The summed E-state index contributed by atoms with van der Waals surface area (Å²) in [6.45, 7) is 1.35. The number of hydrogen-bond donors (Lipinski definition) is 1. The van der Waals surface area contributed by atoms with Crippen molar-refractivity contribution in [2.75, 3.05) is 13.6 Å². The normalized spacial score (nSPS) is 12.9. The zero-order valence-corrected chi connectivity index (χ0v) is 12.0. The quantitative estimate of drug-likeness (QED) is 0.912. The minimum absolute atomic E-state index is 0.145. The van der Waals surface area contributed by atoms with Gasteiger partial charge >= 0.3 is 0 Å². The van der Waals surface area contributed by atoms with Gasteiger partial charge in [0.1, 0.15) is 0 Å². The third-order valence-corrected chi connectivity index (χ3v) is 3.51. The monoisotopic (exact) mass is 278 g/mol. The SMILES string of the molecule is CN(Cc1cccc(Cl)c1)C(CN)c1cncn1C. The number of nitrogens with two attached hydrogens (primary N) is 1. The second-order valence-electron chi connectivity index (χ2n) is 4.73. The van der Waals surface area contributed by atoms with E-state index in [0.29, 0.717) is 6.54 Å². The Kier molecular flexibility index (Phi) is 4.58. The molecule has 0 amide bonds. The highest BCUT2D eigenvalue weighted by molar-refractivity contribution is 6.30. The maximum absolute atomic E-state index is 6.01. The number of aryl methyl sites for hydroxylation is 1. The molecular weight excluding hydrogens is 260 g/mol. The largest absolute Gasteiger partial charge is 0.336 e. The molecule has 0 spiro atoms. The Hall–Kier alpha value is -1.36. The lowest BCUT2D eigenvalue weighted by molar-refractivity contribution is 0.234. The Morgan fingerprint density at radius 2 is 2.26 bits per heavy atom. The average molecular weight is 279 g/mol. The van der Waals surface area contributed by atoms with Gasteiger partial charge in [-0.15, -0.1) is 0 Å². The fourth-order valence-electron chi connectivity index (χ4n) is 2.25. The highest BCUT2D eigenvalue weighted by Crippen LogP contribution is 2.20. The van der Waals surface area contributed by atoms with E-state index in [1.807, 2.05) is 36.0 Å². The summed E-state index contributed by atoms with van der Waals surface area (Å²) in [7, 11) is 4.05. The topological polar surface area (TPSA) is 47.1 Å². The summed E-state index contributed by atoms with van der Waals surface area (Å²) in [5, 5.41) is 0.760. The molecular formula is C14H19ClN4. The summed E-state index contributed by atoms with van der Waals surface area (Å²) in [5.41, 5.74) is 8.20. The second-order valence-corrected chi connectivity index (χ2v) is 5.16. The van der Waals surface area contributed by atoms with E-state index in [0.717, 1.165) is 17.3 Å². The number of likely N-dealkylation sites (N-methyl/N-ethyl adjacent to an activating group) is 1. The van der Waals surface area contributed by atoms with Crippen LogP contribution in [-0.2, 0) is 13.6 Å². The second kappa shape index (κ2) is 6.19. The van der Waals surface area contributed by atoms with Gasteiger partial charge in [0.05, 0.1) is 18.1 Å². The number of nitrogens with zero attached hydrogens (tertiary/aromatic N) is 3. The van der Waals surface area contributed by atoms with E-state index in [4.69, 9.17) is 17.3 Å². The van der Waals surface area contributed by atoms with Crippen LogP contribution in [0, 0.1) is 0 Å². The van der Waals surface area contributed by atoms with Crippen molar-refractivity contribution in [2.45, 2.75) is 12.6 Å². The molecule has 19 heavy (non-hydrogen) atoms. The minimum Gasteiger partial charge on any atom is -0.336 e. The van der Waals surface area contributed by atoms with Crippen LogP contribution in [-0.4, -0.2) is 28.0 Å². The molecule has 0 aliphatic heterocycles. The highest BCUT2D eigenvalue weighted by atomic mass is 35.5. The molecule has 1 heterocycles.